The average Bonchev–Trinajstić information content (AvgIpc) is 2.99. The Kier molecular flexibility index (Phi) is 2.51. The fourth-order valence-corrected chi connectivity index (χ4v) is 2.31. The van der Waals surface area contributed by atoms with Crippen molar-refractivity contribution in [3.8, 4) is 5.75 Å². The molecule has 0 spiro atoms. The quantitative estimate of drug-likeness (QED) is 0.907. The Balaban J connectivity index is 1.45. The number of nitrogens with one attached hydrogen (secondary N) is 1. The Hall–Kier alpha value is -1.88. The number of hydrogen-bond acceptors (Lipinski definition) is 5. The third-order valence-electron chi connectivity index (χ3n) is 3.53. The second-order valence-corrected chi connectivity index (χ2v) is 5.12. The monoisotopic (exact) mass is 257 g/mol. The minimum Gasteiger partial charge on any atom is -0.480 e. The van der Waals surface area contributed by atoms with E-state index in [1.807, 2.05) is 18.2 Å². The molecule has 1 saturated carbocycles. The van der Waals surface area contributed by atoms with Gasteiger partial charge in [-0.05, 0) is 24.5 Å². The zero-order valence-electron chi connectivity index (χ0n) is 10.5. The van der Waals surface area contributed by atoms with Crippen LogP contribution >= 0.6 is 0 Å². The Morgan fingerprint density at radius 2 is 2.16 bits per heavy atom. The molecule has 1 aliphatic carbocycles. The highest BCUT2D eigenvalue weighted by atomic mass is 16.5. The standard InChI is InChI=1S/C14H15N3O2/c1-2-4-11-9(3-1)7-12(18-11)14-16-13(17-19-14)8-15-10-5-6-10/h1-4,10,12,15H,5-8H2. The topological polar surface area (TPSA) is 60.2 Å². The van der Waals surface area contributed by atoms with Crippen LogP contribution in [0.3, 0.4) is 0 Å². The largest absolute Gasteiger partial charge is 0.480 e. The number of nitrogens with zero attached hydrogens (tertiary/aromatic N) is 2. The molecule has 98 valence electrons. The summed E-state index contributed by atoms with van der Waals surface area (Å²) in [4.78, 5) is 4.41. The number of aromatic nitrogens is 2. The van der Waals surface area contributed by atoms with Crippen LogP contribution in [0.1, 0.15) is 36.2 Å². The van der Waals surface area contributed by atoms with E-state index in [4.69, 9.17) is 9.26 Å². The lowest BCUT2D eigenvalue weighted by molar-refractivity contribution is 0.183. The van der Waals surface area contributed by atoms with Crippen molar-refractivity contribution < 1.29 is 9.26 Å². The highest BCUT2D eigenvalue weighted by Crippen LogP contribution is 2.35. The van der Waals surface area contributed by atoms with Crippen molar-refractivity contribution in [3.05, 3.63) is 41.5 Å². The molecule has 0 bridgehead atoms. The number of fused-ring (bicyclic) bond motifs is 1. The number of ether oxygens (including phenoxy) is 1. The van der Waals surface area contributed by atoms with E-state index in [0.29, 0.717) is 24.3 Å². The highest BCUT2D eigenvalue weighted by Gasteiger charge is 2.29. The van der Waals surface area contributed by atoms with Gasteiger partial charge >= 0.3 is 0 Å². The number of benzene rings is 1. The molecule has 1 fully saturated rings. The molecule has 0 saturated heterocycles. The molecule has 1 unspecified atom stereocenters. The SMILES string of the molecule is c1ccc2c(c1)CC(c1nc(CNC3CC3)no1)O2. The lowest BCUT2D eigenvalue weighted by Crippen LogP contribution is -2.16. The van der Waals surface area contributed by atoms with Crippen LogP contribution < -0.4 is 10.1 Å². The first-order valence-electron chi connectivity index (χ1n) is 6.69. The number of hydrogen-bond donors (Lipinski definition) is 1. The molecule has 1 N–H and O–H groups in total. The molecule has 2 heterocycles. The molecule has 1 aromatic heterocycles. The molecule has 0 radical (unpaired) electrons. The van der Waals surface area contributed by atoms with Gasteiger partial charge < -0.3 is 14.6 Å². The van der Waals surface area contributed by atoms with Crippen molar-refractivity contribution in [2.75, 3.05) is 0 Å². The summed E-state index contributed by atoms with van der Waals surface area (Å²) < 4.78 is 11.1. The van der Waals surface area contributed by atoms with E-state index < -0.39 is 0 Å². The van der Waals surface area contributed by atoms with Crippen molar-refractivity contribution in [2.24, 2.45) is 0 Å². The van der Waals surface area contributed by atoms with Gasteiger partial charge in [-0.3, -0.25) is 0 Å². The van der Waals surface area contributed by atoms with E-state index in [1.165, 1.54) is 18.4 Å². The van der Waals surface area contributed by atoms with Gasteiger partial charge in [-0.15, -0.1) is 0 Å². The second kappa shape index (κ2) is 4.35. The summed E-state index contributed by atoms with van der Waals surface area (Å²) in [6.07, 6.45) is 3.17. The Morgan fingerprint density at radius 3 is 3.00 bits per heavy atom. The fourth-order valence-electron chi connectivity index (χ4n) is 2.31. The molecular formula is C14H15N3O2. The van der Waals surface area contributed by atoms with E-state index >= 15 is 0 Å². The van der Waals surface area contributed by atoms with Crippen LogP contribution in [-0.4, -0.2) is 16.2 Å². The van der Waals surface area contributed by atoms with Crippen LogP contribution in [0.2, 0.25) is 0 Å². The molecule has 5 nitrogen and oxygen atoms in total. The Labute approximate surface area is 111 Å². The van der Waals surface area contributed by atoms with Gasteiger partial charge in [0.2, 0.25) is 0 Å². The third-order valence-corrected chi connectivity index (χ3v) is 3.53. The lowest BCUT2D eigenvalue weighted by atomic mass is 10.1. The van der Waals surface area contributed by atoms with Crippen molar-refractivity contribution in [1.29, 1.82) is 0 Å². The molecule has 2 aliphatic rings. The van der Waals surface area contributed by atoms with Gasteiger partial charge in [-0.1, -0.05) is 23.4 Å². The fraction of sp³-hybridized carbons (Fsp3) is 0.429. The number of rotatable bonds is 4. The van der Waals surface area contributed by atoms with Crippen molar-refractivity contribution in [3.63, 3.8) is 0 Å². The van der Waals surface area contributed by atoms with Crippen molar-refractivity contribution in [2.45, 2.75) is 38.0 Å². The molecule has 1 aromatic carbocycles. The Bertz CT molecular complexity index is 567. The first-order chi connectivity index (χ1) is 9.38. The van der Waals surface area contributed by atoms with Crippen LogP contribution in [0.15, 0.2) is 28.8 Å². The molecule has 0 amide bonds. The maximum atomic E-state index is 5.83. The van der Waals surface area contributed by atoms with Crippen LogP contribution in [0.25, 0.3) is 0 Å². The normalized spacial score (nSPS) is 21.2. The van der Waals surface area contributed by atoms with Gasteiger partial charge in [0.1, 0.15) is 5.75 Å². The van der Waals surface area contributed by atoms with Gasteiger partial charge in [-0.25, -0.2) is 0 Å². The van der Waals surface area contributed by atoms with E-state index in [9.17, 15) is 0 Å². The summed E-state index contributed by atoms with van der Waals surface area (Å²) in [6, 6.07) is 8.68. The first-order valence-corrected chi connectivity index (χ1v) is 6.69. The maximum Gasteiger partial charge on any atom is 0.268 e. The van der Waals surface area contributed by atoms with Gasteiger partial charge in [0, 0.05) is 12.5 Å². The van der Waals surface area contributed by atoms with Gasteiger partial charge in [-0.2, -0.15) is 4.98 Å². The summed E-state index contributed by atoms with van der Waals surface area (Å²) in [7, 11) is 0. The van der Waals surface area contributed by atoms with E-state index in [0.717, 1.165) is 12.2 Å². The molecule has 4 rings (SSSR count). The predicted octanol–water partition coefficient (Wildman–Crippen LogP) is 2.00. The van der Waals surface area contributed by atoms with Crippen molar-refractivity contribution >= 4 is 0 Å². The molecular weight excluding hydrogens is 242 g/mol. The van der Waals surface area contributed by atoms with Crippen LogP contribution in [0.4, 0.5) is 0 Å². The maximum absolute atomic E-state index is 5.83. The summed E-state index contributed by atoms with van der Waals surface area (Å²) in [5, 5.41) is 7.36. The summed E-state index contributed by atoms with van der Waals surface area (Å²) in [5.74, 6) is 2.20. The minimum atomic E-state index is -0.139. The second-order valence-electron chi connectivity index (χ2n) is 5.12. The molecule has 1 aliphatic heterocycles. The predicted molar refractivity (Wildman–Crippen MR) is 67.7 cm³/mol. The van der Waals surface area contributed by atoms with Gasteiger partial charge in [0.05, 0.1) is 6.54 Å². The van der Waals surface area contributed by atoms with Gasteiger partial charge in [0.25, 0.3) is 5.89 Å². The van der Waals surface area contributed by atoms with E-state index in [-0.39, 0.29) is 6.10 Å². The van der Waals surface area contributed by atoms with Crippen LogP contribution in [0.5, 0.6) is 5.75 Å². The highest BCUT2D eigenvalue weighted by molar-refractivity contribution is 5.37. The first kappa shape index (κ1) is 11.0. The average molecular weight is 257 g/mol. The third kappa shape index (κ3) is 2.21. The zero-order valence-corrected chi connectivity index (χ0v) is 10.5. The Morgan fingerprint density at radius 1 is 1.26 bits per heavy atom. The minimum absolute atomic E-state index is 0.139. The molecule has 19 heavy (non-hydrogen) atoms. The van der Waals surface area contributed by atoms with Gasteiger partial charge in [0.15, 0.2) is 11.9 Å². The smallest absolute Gasteiger partial charge is 0.268 e. The number of para-hydroxylation sites is 1. The van der Waals surface area contributed by atoms with Crippen LogP contribution in [-0.2, 0) is 13.0 Å². The lowest BCUT2D eigenvalue weighted by Gasteiger charge is -2.03. The molecule has 5 heteroatoms. The summed E-state index contributed by atoms with van der Waals surface area (Å²) >= 11 is 0. The van der Waals surface area contributed by atoms with Crippen LogP contribution in [0, 0.1) is 0 Å². The summed E-state index contributed by atoms with van der Waals surface area (Å²) in [6.45, 7) is 0.674. The summed E-state index contributed by atoms with van der Waals surface area (Å²) in [5.41, 5.74) is 1.20. The molecule has 2 aromatic rings. The van der Waals surface area contributed by atoms with E-state index in [1.54, 1.807) is 0 Å². The van der Waals surface area contributed by atoms with E-state index in [2.05, 4.69) is 21.5 Å². The van der Waals surface area contributed by atoms with Crippen molar-refractivity contribution in [1.82, 2.24) is 15.5 Å². The zero-order chi connectivity index (χ0) is 12.7. The molecule has 1 atom stereocenters.